The Balaban J connectivity index is 2.14. The summed E-state index contributed by atoms with van der Waals surface area (Å²) in [6.07, 6.45) is 2.67. The maximum Gasteiger partial charge on any atom is 0.242 e. The molecule has 0 saturated heterocycles. The molecule has 2 atom stereocenters. The molecule has 1 saturated carbocycles. The van der Waals surface area contributed by atoms with E-state index >= 15 is 0 Å². The molecule has 3 rings (SSSR count). The van der Waals surface area contributed by atoms with Crippen molar-refractivity contribution in [3.63, 3.8) is 0 Å². The molecule has 1 aliphatic carbocycles. The van der Waals surface area contributed by atoms with Gasteiger partial charge in [-0.1, -0.05) is 13.8 Å². The van der Waals surface area contributed by atoms with Crippen LogP contribution in [-0.4, -0.2) is 39.8 Å². The van der Waals surface area contributed by atoms with Gasteiger partial charge in [0.2, 0.25) is 5.88 Å². The van der Waals surface area contributed by atoms with E-state index in [1.54, 1.807) is 14.2 Å². The minimum atomic E-state index is 0.0142. The van der Waals surface area contributed by atoms with Crippen LogP contribution in [0.2, 0.25) is 0 Å². The predicted molar refractivity (Wildman–Crippen MR) is 77.5 cm³/mol. The molecule has 0 aliphatic heterocycles. The zero-order chi connectivity index (χ0) is 14.5. The number of methoxy groups -OCH3 is 2. The van der Waals surface area contributed by atoms with Crippen molar-refractivity contribution in [3.05, 3.63) is 11.1 Å². The number of aromatic nitrogens is 4. The van der Waals surface area contributed by atoms with Crippen LogP contribution in [0.3, 0.4) is 0 Å². The topological polar surface area (TPSA) is 65.0 Å². The van der Waals surface area contributed by atoms with Crippen LogP contribution in [0.4, 0.5) is 0 Å². The van der Waals surface area contributed by atoms with Crippen LogP contribution in [0.5, 0.6) is 5.88 Å². The normalized spacial score (nSPS) is 24.6. The molecule has 0 bridgehead atoms. The Morgan fingerprint density at radius 3 is 2.75 bits per heavy atom. The molecule has 1 N–H and O–H groups in total. The van der Waals surface area contributed by atoms with Gasteiger partial charge in [0.05, 0.1) is 13.2 Å². The lowest BCUT2D eigenvalue weighted by Crippen LogP contribution is -2.51. The van der Waals surface area contributed by atoms with E-state index in [9.17, 15) is 0 Å². The average molecular weight is 294 g/mol. The number of fused-ring (bicyclic) bond motifs is 1. The SMILES string of the molecule is COc1ncnc2c1[nH]c(=S)n2C1CC(OC)C1(C)C. The smallest absolute Gasteiger partial charge is 0.242 e. The average Bonchev–Trinajstić information content (AvgIpc) is 2.74. The largest absolute Gasteiger partial charge is 0.479 e. The summed E-state index contributed by atoms with van der Waals surface area (Å²) in [5.41, 5.74) is 1.55. The van der Waals surface area contributed by atoms with Crippen LogP contribution in [0.1, 0.15) is 26.3 Å². The fourth-order valence-electron chi connectivity index (χ4n) is 3.06. The number of nitrogens with zero attached hydrogens (tertiary/aromatic N) is 3. The number of rotatable bonds is 3. The molecule has 1 fully saturated rings. The Morgan fingerprint density at radius 1 is 1.40 bits per heavy atom. The van der Waals surface area contributed by atoms with Crippen molar-refractivity contribution < 1.29 is 9.47 Å². The van der Waals surface area contributed by atoms with Gasteiger partial charge in [-0.15, -0.1) is 0 Å². The molecule has 0 spiro atoms. The molecule has 7 heteroatoms. The molecule has 0 amide bonds. The summed E-state index contributed by atoms with van der Waals surface area (Å²) < 4.78 is 13.5. The molecule has 2 aromatic rings. The maximum atomic E-state index is 5.51. The number of nitrogens with one attached hydrogen (secondary N) is 1. The zero-order valence-electron chi connectivity index (χ0n) is 12.0. The minimum Gasteiger partial charge on any atom is -0.479 e. The van der Waals surface area contributed by atoms with Gasteiger partial charge >= 0.3 is 0 Å². The van der Waals surface area contributed by atoms with Crippen LogP contribution in [0.15, 0.2) is 6.33 Å². The Hall–Kier alpha value is -1.47. The highest BCUT2D eigenvalue weighted by atomic mass is 32.1. The lowest BCUT2D eigenvalue weighted by molar-refractivity contribution is -0.112. The van der Waals surface area contributed by atoms with Gasteiger partial charge in [-0.2, -0.15) is 4.98 Å². The minimum absolute atomic E-state index is 0.0142. The predicted octanol–water partition coefficient (Wildman–Crippen LogP) is 2.48. The molecule has 0 aromatic carbocycles. The summed E-state index contributed by atoms with van der Waals surface area (Å²) in [7, 11) is 3.34. The highest BCUT2D eigenvalue weighted by Crippen LogP contribution is 2.51. The van der Waals surface area contributed by atoms with Crippen molar-refractivity contribution in [2.24, 2.45) is 5.41 Å². The van der Waals surface area contributed by atoms with E-state index in [0.717, 1.165) is 17.6 Å². The summed E-state index contributed by atoms with van der Waals surface area (Å²) in [4.78, 5) is 11.6. The lowest BCUT2D eigenvalue weighted by atomic mass is 9.64. The Labute approximate surface area is 122 Å². The van der Waals surface area contributed by atoms with E-state index in [1.807, 2.05) is 0 Å². The first-order valence-electron chi connectivity index (χ1n) is 6.52. The van der Waals surface area contributed by atoms with E-state index in [1.165, 1.54) is 6.33 Å². The summed E-state index contributed by atoms with van der Waals surface area (Å²) in [5, 5.41) is 0. The lowest BCUT2D eigenvalue weighted by Gasteiger charge is -2.51. The first kappa shape index (κ1) is 13.5. The summed E-state index contributed by atoms with van der Waals surface area (Å²) in [5.74, 6) is 0.514. The van der Waals surface area contributed by atoms with E-state index in [2.05, 4.69) is 33.4 Å². The summed E-state index contributed by atoms with van der Waals surface area (Å²) >= 11 is 5.46. The summed E-state index contributed by atoms with van der Waals surface area (Å²) in [6.45, 7) is 4.38. The standard InChI is InChI=1S/C13H18N4O2S/c1-13(2)7(5-8(13)18-3)17-10-9(16-12(17)20)11(19-4)15-6-14-10/h6-8H,5H2,1-4H3,(H,16,20). The second-order valence-corrected chi connectivity index (χ2v) is 6.07. The van der Waals surface area contributed by atoms with Gasteiger partial charge in [-0.25, -0.2) is 4.98 Å². The first-order chi connectivity index (χ1) is 9.50. The number of hydrogen-bond acceptors (Lipinski definition) is 5. The van der Waals surface area contributed by atoms with E-state index in [-0.39, 0.29) is 17.6 Å². The van der Waals surface area contributed by atoms with Crippen LogP contribution >= 0.6 is 12.2 Å². The monoisotopic (exact) mass is 294 g/mol. The second-order valence-electron chi connectivity index (χ2n) is 5.68. The van der Waals surface area contributed by atoms with Crippen molar-refractivity contribution in [1.29, 1.82) is 0 Å². The van der Waals surface area contributed by atoms with Gasteiger partial charge in [-0.3, -0.25) is 4.57 Å². The molecule has 108 valence electrons. The molecular weight excluding hydrogens is 276 g/mol. The van der Waals surface area contributed by atoms with Crippen molar-refractivity contribution in [3.8, 4) is 5.88 Å². The van der Waals surface area contributed by atoms with Gasteiger partial charge in [0, 0.05) is 18.6 Å². The van der Waals surface area contributed by atoms with Crippen LogP contribution in [0.25, 0.3) is 11.2 Å². The maximum absolute atomic E-state index is 5.51. The molecule has 2 heterocycles. The number of ether oxygens (including phenoxy) is 2. The fourth-order valence-corrected chi connectivity index (χ4v) is 3.38. The van der Waals surface area contributed by atoms with Crippen molar-refractivity contribution in [2.45, 2.75) is 32.4 Å². The molecule has 20 heavy (non-hydrogen) atoms. The first-order valence-corrected chi connectivity index (χ1v) is 6.93. The van der Waals surface area contributed by atoms with Crippen LogP contribution in [0, 0.1) is 10.2 Å². The third-order valence-corrected chi connectivity index (χ3v) is 4.69. The van der Waals surface area contributed by atoms with E-state index in [0.29, 0.717) is 10.7 Å². The molecule has 0 radical (unpaired) electrons. The third-order valence-electron chi connectivity index (χ3n) is 4.39. The highest BCUT2D eigenvalue weighted by molar-refractivity contribution is 7.71. The quantitative estimate of drug-likeness (QED) is 0.881. The Bertz CT molecular complexity index is 706. The van der Waals surface area contributed by atoms with Gasteiger partial charge in [-0.05, 0) is 18.6 Å². The number of hydrogen-bond donors (Lipinski definition) is 1. The van der Waals surface area contributed by atoms with Gasteiger partial charge < -0.3 is 14.5 Å². The van der Waals surface area contributed by atoms with Gasteiger partial charge in [0.1, 0.15) is 11.8 Å². The van der Waals surface area contributed by atoms with Crippen LogP contribution in [-0.2, 0) is 4.74 Å². The van der Waals surface area contributed by atoms with Crippen molar-refractivity contribution in [1.82, 2.24) is 19.5 Å². The number of H-pyrrole nitrogens is 1. The second kappa shape index (κ2) is 4.53. The molecular formula is C13H18N4O2S. The van der Waals surface area contributed by atoms with Crippen LogP contribution < -0.4 is 4.74 Å². The Morgan fingerprint density at radius 2 is 2.15 bits per heavy atom. The van der Waals surface area contributed by atoms with Gasteiger partial charge in [0.25, 0.3) is 0 Å². The molecule has 6 nitrogen and oxygen atoms in total. The molecule has 2 aromatic heterocycles. The van der Waals surface area contributed by atoms with Crippen molar-refractivity contribution >= 4 is 23.4 Å². The molecule has 2 unspecified atom stereocenters. The summed E-state index contributed by atoms with van der Waals surface area (Å²) in [6, 6.07) is 0.258. The molecule has 1 aliphatic rings. The fraction of sp³-hybridized carbons (Fsp3) is 0.615. The van der Waals surface area contributed by atoms with E-state index in [4.69, 9.17) is 21.7 Å². The highest BCUT2D eigenvalue weighted by Gasteiger charge is 2.50. The third kappa shape index (κ3) is 1.69. The number of aromatic amines is 1. The van der Waals surface area contributed by atoms with E-state index < -0.39 is 0 Å². The van der Waals surface area contributed by atoms with Gasteiger partial charge in [0.15, 0.2) is 10.4 Å². The van der Waals surface area contributed by atoms with Crippen molar-refractivity contribution in [2.75, 3.05) is 14.2 Å². The Kier molecular flexibility index (Phi) is 3.06. The zero-order valence-corrected chi connectivity index (χ0v) is 12.8. The number of imidazole rings is 1.